The second kappa shape index (κ2) is 6.74. The third-order valence-electron chi connectivity index (χ3n) is 3.47. The minimum Gasteiger partial charge on any atom is -0.473 e. The lowest BCUT2D eigenvalue weighted by atomic mass is 9.98. The second-order valence-corrected chi connectivity index (χ2v) is 5.76. The predicted molar refractivity (Wildman–Crippen MR) is 80.9 cm³/mol. The van der Waals surface area contributed by atoms with Gasteiger partial charge in [0.15, 0.2) is 5.82 Å². The van der Waals surface area contributed by atoms with Gasteiger partial charge in [0.05, 0.1) is 6.10 Å². The van der Waals surface area contributed by atoms with E-state index in [2.05, 4.69) is 27.2 Å². The van der Waals surface area contributed by atoms with Gasteiger partial charge in [-0.05, 0) is 46.2 Å². The molecule has 0 aliphatic carbocycles. The number of nitrogen functional groups attached to an aromatic ring is 1. The zero-order chi connectivity index (χ0) is 14.5. The summed E-state index contributed by atoms with van der Waals surface area (Å²) < 4.78 is 5.57. The van der Waals surface area contributed by atoms with Gasteiger partial charge in [0, 0.05) is 13.1 Å². The van der Waals surface area contributed by atoms with E-state index < -0.39 is 0 Å². The maximum Gasteiger partial charge on any atom is 0.242 e. The summed E-state index contributed by atoms with van der Waals surface area (Å²) in [5.41, 5.74) is 6.54. The van der Waals surface area contributed by atoms with Crippen LogP contribution in [-0.4, -0.2) is 47.7 Å². The number of hydrogen-bond acceptors (Lipinski definition) is 6. The van der Waals surface area contributed by atoms with Crippen LogP contribution in [0.4, 0.5) is 11.5 Å². The molecule has 0 spiro atoms. The zero-order valence-electron chi connectivity index (χ0n) is 12.6. The maximum absolute atomic E-state index is 6.05. The topological polar surface area (TPSA) is 76.3 Å². The number of anilines is 2. The molecule has 1 aromatic heterocycles. The smallest absolute Gasteiger partial charge is 0.242 e. The molecule has 1 aliphatic heterocycles. The quantitative estimate of drug-likeness (QED) is 0.852. The van der Waals surface area contributed by atoms with Crippen molar-refractivity contribution in [2.45, 2.75) is 32.8 Å². The molecule has 1 aromatic rings. The average Bonchev–Trinajstić information content (AvgIpc) is 2.39. The molecular weight excluding hydrogens is 254 g/mol. The highest BCUT2D eigenvalue weighted by Gasteiger charge is 2.18. The highest BCUT2D eigenvalue weighted by Crippen LogP contribution is 2.26. The Labute approximate surface area is 120 Å². The Bertz CT molecular complexity index is 438. The summed E-state index contributed by atoms with van der Waals surface area (Å²) in [5.74, 6) is 1.76. The fourth-order valence-electron chi connectivity index (χ4n) is 2.52. The first-order chi connectivity index (χ1) is 9.56. The van der Waals surface area contributed by atoms with Crippen molar-refractivity contribution in [1.82, 2.24) is 14.9 Å². The summed E-state index contributed by atoms with van der Waals surface area (Å²) in [7, 11) is 2.17. The van der Waals surface area contributed by atoms with Crippen LogP contribution in [0.15, 0.2) is 6.33 Å². The molecule has 6 nitrogen and oxygen atoms in total. The lowest BCUT2D eigenvalue weighted by molar-refractivity contribution is 0.217. The summed E-state index contributed by atoms with van der Waals surface area (Å²) >= 11 is 0. The molecule has 6 heteroatoms. The number of rotatable bonds is 5. The number of nitrogens with zero attached hydrogens (tertiary/aromatic N) is 3. The Morgan fingerprint density at radius 2 is 2.30 bits per heavy atom. The van der Waals surface area contributed by atoms with Crippen molar-refractivity contribution < 1.29 is 4.74 Å². The van der Waals surface area contributed by atoms with Gasteiger partial charge in [0.2, 0.25) is 5.88 Å². The Kier molecular flexibility index (Phi) is 5.00. The van der Waals surface area contributed by atoms with Crippen LogP contribution in [0.5, 0.6) is 5.88 Å². The van der Waals surface area contributed by atoms with Crippen LogP contribution in [0.25, 0.3) is 0 Å². The zero-order valence-corrected chi connectivity index (χ0v) is 12.6. The van der Waals surface area contributed by atoms with Crippen LogP contribution in [0.1, 0.15) is 26.7 Å². The van der Waals surface area contributed by atoms with Crippen molar-refractivity contribution in [3.8, 4) is 5.88 Å². The van der Waals surface area contributed by atoms with Crippen molar-refractivity contribution in [3.63, 3.8) is 0 Å². The number of nitrogens with two attached hydrogens (primary N) is 1. The van der Waals surface area contributed by atoms with Crippen molar-refractivity contribution in [2.75, 3.05) is 37.7 Å². The summed E-state index contributed by atoms with van der Waals surface area (Å²) in [6.45, 7) is 7.09. The third-order valence-corrected chi connectivity index (χ3v) is 3.47. The molecule has 2 rings (SSSR count). The molecule has 0 saturated carbocycles. The van der Waals surface area contributed by atoms with Crippen LogP contribution in [-0.2, 0) is 0 Å². The van der Waals surface area contributed by atoms with Gasteiger partial charge in [-0.2, -0.15) is 4.98 Å². The molecule has 1 fully saturated rings. The molecule has 0 radical (unpaired) electrons. The summed E-state index contributed by atoms with van der Waals surface area (Å²) in [4.78, 5) is 10.7. The Morgan fingerprint density at radius 3 is 3.00 bits per heavy atom. The normalized spacial score (nSPS) is 20.1. The van der Waals surface area contributed by atoms with Gasteiger partial charge < -0.3 is 20.7 Å². The summed E-state index contributed by atoms with van der Waals surface area (Å²) in [6, 6.07) is 0. The molecule has 112 valence electrons. The van der Waals surface area contributed by atoms with Crippen LogP contribution >= 0.6 is 0 Å². The molecule has 1 unspecified atom stereocenters. The lowest BCUT2D eigenvalue weighted by Gasteiger charge is -2.29. The highest BCUT2D eigenvalue weighted by atomic mass is 16.5. The summed E-state index contributed by atoms with van der Waals surface area (Å²) in [6.07, 6.45) is 4.04. The Morgan fingerprint density at radius 1 is 1.50 bits per heavy atom. The van der Waals surface area contributed by atoms with Gasteiger partial charge in [0.1, 0.15) is 12.0 Å². The molecule has 1 saturated heterocycles. The van der Waals surface area contributed by atoms with Gasteiger partial charge in [-0.1, -0.05) is 0 Å². The first-order valence-electron chi connectivity index (χ1n) is 7.25. The Balaban J connectivity index is 1.95. The predicted octanol–water partition coefficient (Wildman–Crippen LogP) is 1.60. The molecule has 0 amide bonds. The lowest BCUT2D eigenvalue weighted by Crippen LogP contribution is -2.35. The van der Waals surface area contributed by atoms with E-state index in [0.29, 0.717) is 23.3 Å². The van der Waals surface area contributed by atoms with E-state index in [1.54, 1.807) is 0 Å². The fourth-order valence-corrected chi connectivity index (χ4v) is 2.52. The number of nitrogens with one attached hydrogen (secondary N) is 1. The van der Waals surface area contributed by atoms with E-state index in [9.17, 15) is 0 Å². The van der Waals surface area contributed by atoms with Crippen LogP contribution < -0.4 is 15.8 Å². The minimum absolute atomic E-state index is 0.0482. The monoisotopic (exact) mass is 279 g/mol. The second-order valence-electron chi connectivity index (χ2n) is 5.76. The molecule has 1 atom stereocenters. The van der Waals surface area contributed by atoms with Crippen molar-refractivity contribution in [1.29, 1.82) is 0 Å². The highest BCUT2D eigenvalue weighted by molar-refractivity contribution is 5.66. The van der Waals surface area contributed by atoms with Crippen LogP contribution in [0.3, 0.4) is 0 Å². The molecule has 0 aromatic carbocycles. The number of ether oxygens (including phenoxy) is 1. The number of hydrogen-bond donors (Lipinski definition) is 2. The maximum atomic E-state index is 6.05. The van der Waals surface area contributed by atoms with E-state index in [1.165, 1.54) is 25.7 Å². The molecule has 2 heterocycles. The molecule has 20 heavy (non-hydrogen) atoms. The molecular formula is C14H25N5O. The van der Waals surface area contributed by atoms with E-state index in [4.69, 9.17) is 10.5 Å². The SMILES string of the molecule is CC(C)Oc1ncnc(NCC2CCCN(C)C2)c1N. The van der Waals surface area contributed by atoms with E-state index in [-0.39, 0.29) is 6.10 Å². The van der Waals surface area contributed by atoms with Crippen molar-refractivity contribution in [2.24, 2.45) is 5.92 Å². The summed E-state index contributed by atoms with van der Waals surface area (Å²) in [5, 5.41) is 3.33. The van der Waals surface area contributed by atoms with Gasteiger partial charge in [0.25, 0.3) is 0 Å². The number of likely N-dealkylation sites (tertiary alicyclic amines) is 1. The van der Waals surface area contributed by atoms with E-state index in [0.717, 1.165) is 13.1 Å². The van der Waals surface area contributed by atoms with Gasteiger partial charge in [-0.25, -0.2) is 4.98 Å². The van der Waals surface area contributed by atoms with Gasteiger partial charge in [-0.15, -0.1) is 0 Å². The fraction of sp³-hybridized carbons (Fsp3) is 0.714. The Hall–Kier alpha value is -1.56. The molecule has 3 N–H and O–H groups in total. The first-order valence-corrected chi connectivity index (χ1v) is 7.25. The van der Waals surface area contributed by atoms with Gasteiger partial charge >= 0.3 is 0 Å². The minimum atomic E-state index is 0.0482. The number of aromatic nitrogens is 2. The van der Waals surface area contributed by atoms with Crippen LogP contribution in [0, 0.1) is 5.92 Å². The number of piperidine rings is 1. The average molecular weight is 279 g/mol. The first kappa shape index (κ1) is 14.8. The van der Waals surface area contributed by atoms with Crippen molar-refractivity contribution in [3.05, 3.63) is 6.33 Å². The molecule has 1 aliphatic rings. The van der Waals surface area contributed by atoms with Crippen LogP contribution in [0.2, 0.25) is 0 Å². The van der Waals surface area contributed by atoms with Gasteiger partial charge in [-0.3, -0.25) is 0 Å². The molecule has 0 bridgehead atoms. The third kappa shape index (κ3) is 3.96. The van der Waals surface area contributed by atoms with E-state index in [1.807, 2.05) is 13.8 Å². The largest absolute Gasteiger partial charge is 0.473 e. The standard InChI is InChI=1S/C14H25N5O/c1-10(2)20-14-12(15)13(17-9-18-14)16-7-11-5-4-6-19(3)8-11/h9-11H,4-8,15H2,1-3H3,(H,16,17,18). The van der Waals surface area contributed by atoms with E-state index >= 15 is 0 Å². The van der Waals surface area contributed by atoms with Crippen molar-refractivity contribution >= 4 is 11.5 Å².